The molecule has 0 fully saturated rings. The lowest BCUT2D eigenvalue weighted by Gasteiger charge is -2.08. The van der Waals surface area contributed by atoms with Crippen LogP contribution in [-0.2, 0) is 10.0 Å². The number of hydrogen-bond donors (Lipinski definition) is 2. The van der Waals surface area contributed by atoms with Crippen molar-refractivity contribution in [1.82, 2.24) is 5.16 Å². The second kappa shape index (κ2) is 7.71. The predicted molar refractivity (Wildman–Crippen MR) is 105 cm³/mol. The van der Waals surface area contributed by atoms with E-state index in [1.54, 1.807) is 31.2 Å². The van der Waals surface area contributed by atoms with Gasteiger partial charge in [0, 0.05) is 11.8 Å². The third-order valence-electron chi connectivity index (χ3n) is 3.47. The number of rotatable bonds is 6. The highest BCUT2D eigenvalue weighted by molar-refractivity contribution is 9.10. The van der Waals surface area contributed by atoms with Gasteiger partial charge in [-0.1, -0.05) is 11.2 Å². The highest BCUT2D eigenvalue weighted by atomic mass is 79.9. The van der Waals surface area contributed by atoms with Crippen LogP contribution in [0, 0.1) is 6.92 Å². The fraction of sp³-hybridized carbons (Fsp3) is 0.125. The number of nitrogens with zero attached hydrogens (tertiary/aromatic N) is 1. The number of carbonyl (C=O) groups excluding carboxylic acids is 1. The van der Waals surface area contributed by atoms with Crippen LogP contribution >= 0.6 is 27.3 Å². The van der Waals surface area contributed by atoms with Gasteiger partial charge in [0.05, 0.1) is 12.8 Å². The van der Waals surface area contributed by atoms with Crippen molar-refractivity contribution in [3.8, 4) is 5.75 Å². The lowest BCUT2D eigenvalue weighted by atomic mass is 10.3. The first-order valence-electron chi connectivity index (χ1n) is 7.49. The van der Waals surface area contributed by atoms with Crippen LogP contribution in [0.25, 0.3) is 0 Å². The normalized spacial score (nSPS) is 11.2. The molecule has 3 rings (SSSR count). The van der Waals surface area contributed by atoms with Crippen molar-refractivity contribution >= 4 is 54.8 Å². The Hall–Kier alpha value is -2.37. The number of hydrogen-bond acceptors (Lipinski definition) is 7. The second-order valence-electron chi connectivity index (χ2n) is 5.32. The van der Waals surface area contributed by atoms with Gasteiger partial charge >= 0.3 is 0 Å². The summed E-state index contributed by atoms with van der Waals surface area (Å²) in [7, 11) is -2.54. The van der Waals surface area contributed by atoms with E-state index in [9.17, 15) is 13.2 Å². The van der Waals surface area contributed by atoms with Crippen molar-refractivity contribution < 1.29 is 22.5 Å². The molecule has 0 radical (unpaired) electrons. The number of ether oxygens (including phenoxy) is 1. The summed E-state index contributed by atoms with van der Waals surface area (Å²) in [4.78, 5) is 12.5. The third-order valence-corrected chi connectivity index (χ3v) is 6.82. The number of halogens is 1. The Morgan fingerprint density at radius 1 is 1.33 bits per heavy atom. The molecule has 0 aliphatic heterocycles. The first-order chi connectivity index (χ1) is 12.8. The van der Waals surface area contributed by atoms with Gasteiger partial charge in [-0.3, -0.25) is 4.79 Å². The van der Waals surface area contributed by atoms with Gasteiger partial charge in [0.1, 0.15) is 20.0 Å². The maximum Gasteiger partial charge on any atom is 0.267 e. The predicted octanol–water partition coefficient (Wildman–Crippen LogP) is 3.87. The number of thiophene rings is 1. The minimum Gasteiger partial charge on any atom is -0.497 e. The van der Waals surface area contributed by atoms with Crippen LogP contribution in [0.5, 0.6) is 5.75 Å². The summed E-state index contributed by atoms with van der Waals surface area (Å²) in [5.41, 5.74) is 0.978. The quantitative estimate of drug-likeness (QED) is 0.564. The molecule has 3 aromatic rings. The summed E-state index contributed by atoms with van der Waals surface area (Å²) >= 11 is 4.21. The molecule has 0 aliphatic rings. The number of sulfonamides is 1. The molecule has 0 saturated carbocycles. The van der Waals surface area contributed by atoms with Gasteiger partial charge in [-0.05, 0) is 46.4 Å². The van der Waals surface area contributed by atoms with E-state index in [0.29, 0.717) is 21.6 Å². The van der Waals surface area contributed by atoms with Crippen LogP contribution in [0.4, 0.5) is 11.6 Å². The van der Waals surface area contributed by atoms with Gasteiger partial charge in [0.15, 0.2) is 0 Å². The van der Waals surface area contributed by atoms with E-state index in [1.165, 1.54) is 18.6 Å². The molecule has 2 heterocycles. The molecule has 0 atom stereocenters. The summed E-state index contributed by atoms with van der Waals surface area (Å²) in [5, 5.41) is 7.86. The van der Waals surface area contributed by atoms with E-state index in [2.05, 4.69) is 31.1 Å². The smallest absolute Gasteiger partial charge is 0.267 e. The molecule has 0 spiro atoms. The lowest BCUT2D eigenvalue weighted by Crippen LogP contribution is -2.18. The zero-order chi connectivity index (χ0) is 19.6. The molecule has 8 nitrogen and oxygen atoms in total. The van der Waals surface area contributed by atoms with Gasteiger partial charge in [0.25, 0.3) is 21.8 Å². The summed E-state index contributed by atoms with van der Waals surface area (Å²) in [6.45, 7) is 1.66. The minimum atomic E-state index is -4.05. The number of carbonyl (C=O) groups is 1. The van der Waals surface area contributed by atoms with Crippen LogP contribution in [0.15, 0.2) is 49.6 Å². The third kappa shape index (κ3) is 4.15. The standard InChI is InChI=1S/C16H14BrN3O5S2/c1-9-13(17)16(25-19-9)20-27(22,23)12-6-7-26-14(12)15(21)18-10-4-3-5-11(8-10)24-2/h3-8,20H,1-2H3,(H,18,21). The molecule has 0 unspecified atom stereocenters. The number of anilines is 2. The van der Waals surface area contributed by atoms with Crippen LogP contribution in [-0.4, -0.2) is 26.6 Å². The average molecular weight is 472 g/mol. The van der Waals surface area contributed by atoms with Crippen LogP contribution < -0.4 is 14.8 Å². The Morgan fingerprint density at radius 2 is 2.11 bits per heavy atom. The van der Waals surface area contributed by atoms with Gasteiger partial charge in [0.2, 0.25) is 0 Å². The molecule has 11 heteroatoms. The molecule has 1 amide bonds. The Kier molecular flexibility index (Phi) is 5.53. The van der Waals surface area contributed by atoms with E-state index < -0.39 is 15.9 Å². The van der Waals surface area contributed by atoms with Gasteiger partial charge < -0.3 is 14.6 Å². The maximum atomic E-state index is 12.7. The number of amides is 1. The van der Waals surface area contributed by atoms with Crippen molar-refractivity contribution in [3.05, 3.63) is 50.8 Å². The van der Waals surface area contributed by atoms with Crippen molar-refractivity contribution in [3.63, 3.8) is 0 Å². The second-order valence-corrected chi connectivity index (χ2v) is 8.68. The zero-order valence-electron chi connectivity index (χ0n) is 14.1. The van der Waals surface area contributed by atoms with E-state index in [1.807, 2.05) is 0 Å². The van der Waals surface area contributed by atoms with E-state index >= 15 is 0 Å². The van der Waals surface area contributed by atoms with Crippen LogP contribution in [0.2, 0.25) is 0 Å². The molecule has 0 saturated heterocycles. The van der Waals surface area contributed by atoms with Crippen LogP contribution in [0.3, 0.4) is 0 Å². The van der Waals surface area contributed by atoms with Crippen molar-refractivity contribution in [2.75, 3.05) is 17.1 Å². The van der Waals surface area contributed by atoms with Crippen LogP contribution in [0.1, 0.15) is 15.4 Å². The molecule has 142 valence electrons. The van der Waals surface area contributed by atoms with Gasteiger partial charge in [-0.25, -0.2) is 13.1 Å². The van der Waals surface area contributed by atoms with Crippen molar-refractivity contribution in [1.29, 1.82) is 0 Å². The van der Waals surface area contributed by atoms with E-state index in [-0.39, 0.29) is 15.7 Å². The molecular weight excluding hydrogens is 458 g/mol. The van der Waals surface area contributed by atoms with Crippen molar-refractivity contribution in [2.24, 2.45) is 0 Å². The number of aromatic nitrogens is 1. The number of nitrogens with one attached hydrogen (secondary N) is 2. The Morgan fingerprint density at radius 3 is 2.78 bits per heavy atom. The molecule has 27 heavy (non-hydrogen) atoms. The van der Waals surface area contributed by atoms with Crippen molar-refractivity contribution in [2.45, 2.75) is 11.8 Å². The summed E-state index contributed by atoms with van der Waals surface area (Å²) in [5.74, 6) is -0.0386. The Bertz CT molecular complexity index is 1090. The Balaban J connectivity index is 1.86. The molecule has 2 aromatic heterocycles. The minimum absolute atomic E-state index is 0.0395. The Labute approximate surface area is 167 Å². The molecule has 0 aliphatic carbocycles. The molecule has 0 bridgehead atoms. The highest BCUT2D eigenvalue weighted by Gasteiger charge is 2.26. The summed E-state index contributed by atoms with van der Waals surface area (Å²) in [6, 6.07) is 8.11. The first kappa shape index (κ1) is 19.4. The summed E-state index contributed by atoms with van der Waals surface area (Å²) < 4.78 is 38.1. The first-order valence-corrected chi connectivity index (χ1v) is 10.6. The monoisotopic (exact) mass is 471 g/mol. The van der Waals surface area contributed by atoms with Gasteiger partial charge in [-0.2, -0.15) is 0 Å². The lowest BCUT2D eigenvalue weighted by molar-refractivity contribution is 0.102. The SMILES string of the molecule is COc1cccc(NC(=O)c2sccc2S(=O)(=O)Nc2onc(C)c2Br)c1. The number of methoxy groups -OCH3 is 1. The maximum absolute atomic E-state index is 12.7. The van der Waals surface area contributed by atoms with Gasteiger partial charge in [-0.15, -0.1) is 11.3 Å². The largest absolute Gasteiger partial charge is 0.497 e. The fourth-order valence-corrected chi connectivity index (χ4v) is 4.86. The zero-order valence-corrected chi connectivity index (χ0v) is 17.4. The molecule has 1 aromatic carbocycles. The molecular formula is C16H14BrN3O5S2. The number of benzene rings is 1. The summed E-state index contributed by atoms with van der Waals surface area (Å²) in [6.07, 6.45) is 0. The molecule has 2 N–H and O–H groups in total. The average Bonchev–Trinajstić information content (AvgIpc) is 3.25. The van der Waals surface area contributed by atoms with E-state index in [0.717, 1.165) is 11.3 Å². The topological polar surface area (TPSA) is 111 Å². The number of aryl methyl sites for hydroxylation is 1. The van der Waals surface area contributed by atoms with E-state index in [4.69, 9.17) is 9.26 Å². The highest BCUT2D eigenvalue weighted by Crippen LogP contribution is 2.30. The fourth-order valence-electron chi connectivity index (χ4n) is 2.16.